The molecule has 3 aromatic rings. The van der Waals surface area contributed by atoms with Crippen LogP contribution in [-0.2, 0) is 17.8 Å². The van der Waals surface area contributed by atoms with Crippen LogP contribution < -0.4 is 10.4 Å². The van der Waals surface area contributed by atoms with E-state index in [2.05, 4.69) is 15.9 Å². The van der Waals surface area contributed by atoms with Gasteiger partial charge in [-0.1, -0.05) is 40.9 Å². The van der Waals surface area contributed by atoms with Gasteiger partial charge in [-0.15, -0.1) is 0 Å². The summed E-state index contributed by atoms with van der Waals surface area (Å²) in [5.74, 6) is 0.699. The number of halogens is 1. The molecule has 2 aliphatic rings. The van der Waals surface area contributed by atoms with E-state index in [1.165, 1.54) is 0 Å². The maximum atomic E-state index is 13.2. The average Bonchev–Trinajstić information content (AvgIpc) is 2.87. The number of likely N-dealkylation sites (tertiary alicyclic amines) is 1. The second-order valence-corrected chi connectivity index (χ2v) is 11.2. The predicted octanol–water partition coefficient (Wildman–Crippen LogP) is 5.45. The van der Waals surface area contributed by atoms with E-state index in [4.69, 9.17) is 9.15 Å². The van der Waals surface area contributed by atoms with Gasteiger partial charge in [0.05, 0.1) is 17.6 Å². The van der Waals surface area contributed by atoms with Crippen molar-refractivity contribution in [3.63, 3.8) is 0 Å². The fourth-order valence-corrected chi connectivity index (χ4v) is 6.00. The van der Waals surface area contributed by atoms with Crippen molar-refractivity contribution in [3.8, 4) is 5.75 Å². The highest BCUT2D eigenvalue weighted by Gasteiger charge is 2.43. The van der Waals surface area contributed by atoms with Gasteiger partial charge in [-0.2, -0.15) is 0 Å². The number of carbonyl (C=O) groups excluding carboxylic acids is 1. The molecule has 1 amide bonds. The molecule has 0 radical (unpaired) electrons. The van der Waals surface area contributed by atoms with Gasteiger partial charge in [0, 0.05) is 34.4 Å². The van der Waals surface area contributed by atoms with Gasteiger partial charge in [-0.25, -0.2) is 4.79 Å². The molecule has 2 atom stereocenters. The number of hydrogen-bond donors (Lipinski definition) is 1. The smallest absolute Gasteiger partial charge is 0.340 e. The summed E-state index contributed by atoms with van der Waals surface area (Å²) in [6, 6.07) is 11.7. The first kappa shape index (κ1) is 25.0. The summed E-state index contributed by atoms with van der Waals surface area (Å²) in [5, 5.41) is 11.7. The third kappa shape index (κ3) is 4.83. The molecule has 0 spiro atoms. The maximum absolute atomic E-state index is 13.2. The quantitative estimate of drug-likeness (QED) is 0.425. The molecule has 7 heteroatoms. The number of aliphatic hydroxyl groups is 1. The van der Waals surface area contributed by atoms with Crippen LogP contribution in [-0.4, -0.2) is 34.6 Å². The summed E-state index contributed by atoms with van der Waals surface area (Å²) in [6.45, 7) is 5.25. The molecule has 1 saturated carbocycles. The average molecular weight is 554 g/mol. The minimum atomic E-state index is -0.637. The Morgan fingerprint density at radius 1 is 1.14 bits per heavy atom. The summed E-state index contributed by atoms with van der Waals surface area (Å²) >= 11 is 3.44. The third-order valence-corrected chi connectivity index (χ3v) is 8.60. The minimum Gasteiger partial charge on any atom is -0.488 e. The van der Waals surface area contributed by atoms with Gasteiger partial charge >= 0.3 is 5.63 Å². The molecule has 2 aromatic carbocycles. The van der Waals surface area contributed by atoms with Gasteiger partial charge in [0.25, 0.3) is 0 Å². The van der Waals surface area contributed by atoms with Crippen molar-refractivity contribution in [2.45, 2.75) is 64.6 Å². The van der Waals surface area contributed by atoms with Crippen LogP contribution in [0.1, 0.15) is 54.4 Å². The lowest BCUT2D eigenvalue weighted by molar-refractivity contribution is -0.142. The first-order chi connectivity index (χ1) is 17.2. The van der Waals surface area contributed by atoms with Gasteiger partial charge < -0.3 is 19.2 Å². The molecular weight excluding hydrogens is 522 g/mol. The summed E-state index contributed by atoms with van der Waals surface area (Å²) < 4.78 is 12.8. The van der Waals surface area contributed by atoms with Crippen LogP contribution >= 0.6 is 15.9 Å². The number of piperidine rings is 1. The molecule has 2 heterocycles. The Labute approximate surface area is 219 Å². The normalized spacial score (nSPS) is 21.9. The largest absolute Gasteiger partial charge is 0.488 e. The number of nitrogens with zero attached hydrogens (tertiary/aromatic N) is 1. The Bertz CT molecular complexity index is 1350. The summed E-state index contributed by atoms with van der Waals surface area (Å²) in [6.07, 6.45) is 4.53. The molecule has 0 bridgehead atoms. The maximum Gasteiger partial charge on any atom is 0.340 e. The molecule has 5 rings (SSSR count). The van der Waals surface area contributed by atoms with E-state index in [-0.39, 0.29) is 18.2 Å². The Morgan fingerprint density at radius 2 is 1.92 bits per heavy atom. The zero-order valence-corrected chi connectivity index (χ0v) is 22.4. The van der Waals surface area contributed by atoms with E-state index in [9.17, 15) is 14.7 Å². The monoisotopic (exact) mass is 553 g/mol. The van der Waals surface area contributed by atoms with Crippen LogP contribution in [0.4, 0.5) is 0 Å². The zero-order chi connectivity index (χ0) is 25.4. The van der Waals surface area contributed by atoms with Crippen LogP contribution in [0, 0.1) is 19.8 Å². The van der Waals surface area contributed by atoms with Crippen molar-refractivity contribution < 1.29 is 19.1 Å². The lowest BCUT2D eigenvalue weighted by atomic mass is 9.71. The summed E-state index contributed by atoms with van der Waals surface area (Å²) in [7, 11) is 0. The fraction of sp³-hybridized carbons (Fsp3) is 0.448. The molecule has 1 aliphatic carbocycles. The van der Waals surface area contributed by atoms with Crippen molar-refractivity contribution >= 4 is 32.8 Å². The molecule has 190 valence electrons. The molecule has 1 aliphatic heterocycles. The van der Waals surface area contributed by atoms with Crippen LogP contribution in [0.3, 0.4) is 0 Å². The first-order valence-electron chi connectivity index (χ1n) is 12.7. The molecular formula is C29H32BrNO5. The second kappa shape index (κ2) is 10.0. The highest BCUT2D eigenvalue weighted by atomic mass is 79.9. The Hall–Kier alpha value is -2.64. The van der Waals surface area contributed by atoms with Crippen LogP contribution in [0.2, 0.25) is 0 Å². The minimum absolute atomic E-state index is 0.0100. The topological polar surface area (TPSA) is 80.0 Å². The number of aryl methyl sites for hydroxylation is 2. The number of ether oxygens (including phenoxy) is 1. The van der Waals surface area contributed by atoms with E-state index >= 15 is 0 Å². The van der Waals surface area contributed by atoms with Gasteiger partial charge in [0.2, 0.25) is 5.91 Å². The fourth-order valence-electron chi connectivity index (χ4n) is 5.73. The highest BCUT2D eigenvalue weighted by Crippen LogP contribution is 2.40. The Kier molecular flexibility index (Phi) is 6.97. The molecule has 0 unspecified atom stereocenters. The molecule has 36 heavy (non-hydrogen) atoms. The van der Waals surface area contributed by atoms with Crippen LogP contribution in [0.5, 0.6) is 5.75 Å². The van der Waals surface area contributed by atoms with Crippen molar-refractivity contribution in [2.75, 3.05) is 13.1 Å². The Morgan fingerprint density at radius 3 is 2.69 bits per heavy atom. The van der Waals surface area contributed by atoms with Crippen molar-refractivity contribution in [1.82, 2.24) is 4.90 Å². The van der Waals surface area contributed by atoms with E-state index in [0.717, 1.165) is 52.2 Å². The van der Waals surface area contributed by atoms with Gasteiger partial charge in [0.1, 0.15) is 17.9 Å². The number of benzene rings is 2. The molecule has 1 aromatic heterocycles. The van der Waals surface area contributed by atoms with Gasteiger partial charge in [-0.05, 0) is 68.5 Å². The van der Waals surface area contributed by atoms with Gasteiger partial charge in [-0.3, -0.25) is 4.79 Å². The number of hydrogen-bond acceptors (Lipinski definition) is 5. The van der Waals surface area contributed by atoms with Crippen LogP contribution in [0.15, 0.2) is 50.1 Å². The van der Waals surface area contributed by atoms with E-state index in [1.807, 2.05) is 55.1 Å². The third-order valence-electron chi connectivity index (χ3n) is 8.07. The number of rotatable bonds is 5. The lowest BCUT2D eigenvalue weighted by Crippen LogP contribution is -2.55. The molecule has 2 fully saturated rings. The van der Waals surface area contributed by atoms with Crippen molar-refractivity contribution in [3.05, 3.63) is 73.5 Å². The molecule has 1 N–H and O–H groups in total. The summed E-state index contributed by atoms with van der Waals surface area (Å²) in [5.41, 5.74) is 2.34. The standard InChI is InChI=1S/C29H32BrNO5/c1-18-23-10-11-25(35-17-20-6-8-22(30)9-7-20)19(2)27(23)36-28(33)24(18)15-26(32)31-14-13-29(34)12-4-3-5-21(29)16-31/h6-11,21,34H,3-5,12-17H2,1-2H3/t21-,29+/m1/s1. The van der Waals surface area contributed by atoms with Crippen molar-refractivity contribution in [2.24, 2.45) is 5.92 Å². The predicted molar refractivity (Wildman–Crippen MR) is 142 cm³/mol. The second-order valence-electron chi connectivity index (χ2n) is 10.3. The summed E-state index contributed by atoms with van der Waals surface area (Å²) in [4.78, 5) is 28.0. The first-order valence-corrected chi connectivity index (χ1v) is 13.5. The van der Waals surface area contributed by atoms with E-state index in [1.54, 1.807) is 0 Å². The highest BCUT2D eigenvalue weighted by molar-refractivity contribution is 9.10. The van der Waals surface area contributed by atoms with Crippen LogP contribution in [0.25, 0.3) is 11.0 Å². The van der Waals surface area contributed by atoms with Gasteiger partial charge in [0.15, 0.2) is 0 Å². The number of carbonyl (C=O) groups is 1. The molecule has 1 saturated heterocycles. The zero-order valence-electron chi connectivity index (χ0n) is 20.8. The Balaban J connectivity index is 1.34. The van der Waals surface area contributed by atoms with Crippen molar-refractivity contribution in [1.29, 1.82) is 0 Å². The lowest BCUT2D eigenvalue weighted by Gasteiger charge is -2.47. The van der Waals surface area contributed by atoms with E-state index < -0.39 is 11.2 Å². The number of fused-ring (bicyclic) bond motifs is 2. The SMILES string of the molecule is Cc1c(CC(=O)N2CC[C@@]3(O)CCCC[C@@H]3C2)c(=O)oc2c(C)c(OCc3ccc(Br)cc3)ccc12. The molecule has 6 nitrogen and oxygen atoms in total. The van der Waals surface area contributed by atoms with E-state index in [0.29, 0.717) is 43.0 Å². The number of amides is 1.